The van der Waals surface area contributed by atoms with Gasteiger partial charge in [-0.05, 0) is 32.3 Å². The van der Waals surface area contributed by atoms with Crippen molar-refractivity contribution in [2.75, 3.05) is 19.8 Å². The Morgan fingerprint density at radius 2 is 2.29 bits per heavy atom. The molecule has 1 aromatic heterocycles. The van der Waals surface area contributed by atoms with Crippen LogP contribution in [0.4, 0.5) is 4.39 Å². The minimum Gasteiger partial charge on any atom is -0.379 e. The van der Waals surface area contributed by atoms with Crippen LogP contribution in [-0.2, 0) is 11.2 Å². The van der Waals surface area contributed by atoms with E-state index < -0.39 is 5.67 Å². The summed E-state index contributed by atoms with van der Waals surface area (Å²) in [5, 5.41) is 7.87. The van der Waals surface area contributed by atoms with Gasteiger partial charge in [0.2, 0.25) is 0 Å². The van der Waals surface area contributed by atoms with Crippen LogP contribution in [0.2, 0.25) is 0 Å². The number of ether oxygens (including phenoxy) is 1. The predicted molar refractivity (Wildman–Crippen MR) is 82.3 cm³/mol. The zero-order valence-electron chi connectivity index (χ0n) is 13.4. The lowest BCUT2D eigenvalue weighted by atomic mass is 9.93. The van der Waals surface area contributed by atoms with Crippen LogP contribution in [0.1, 0.15) is 51.8 Å². The van der Waals surface area contributed by atoms with Gasteiger partial charge in [0.1, 0.15) is 5.67 Å². The van der Waals surface area contributed by atoms with E-state index in [1.54, 1.807) is 6.92 Å². The Kier molecular flexibility index (Phi) is 5.76. The molecule has 0 radical (unpaired) electrons. The van der Waals surface area contributed by atoms with Gasteiger partial charge in [-0.1, -0.05) is 13.8 Å². The molecule has 1 fully saturated rings. The quantitative estimate of drug-likeness (QED) is 0.841. The van der Waals surface area contributed by atoms with Gasteiger partial charge < -0.3 is 10.1 Å². The minimum absolute atomic E-state index is 0.106. The Bertz CT molecular complexity index is 423. The summed E-state index contributed by atoms with van der Waals surface area (Å²) < 4.78 is 22.2. The lowest BCUT2D eigenvalue weighted by molar-refractivity contribution is 0.0480. The van der Waals surface area contributed by atoms with E-state index in [0.717, 1.165) is 31.7 Å². The Hall–Kier alpha value is -0.940. The number of aromatic nitrogens is 2. The number of nitrogens with one attached hydrogen (secondary N) is 1. The van der Waals surface area contributed by atoms with Gasteiger partial charge in [0, 0.05) is 25.2 Å². The molecule has 0 bridgehead atoms. The van der Waals surface area contributed by atoms with Crippen LogP contribution in [0.25, 0.3) is 0 Å². The molecule has 0 saturated carbocycles. The van der Waals surface area contributed by atoms with Crippen LogP contribution < -0.4 is 5.32 Å². The van der Waals surface area contributed by atoms with Crippen molar-refractivity contribution in [1.82, 2.24) is 15.1 Å². The van der Waals surface area contributed by atoms with E-state index in [9.17, 15) is 4.39 Å². The third-order valence-electron chi connectivity index (χ3n) is 4.20. The van der Waals surface area contributed by atoms with E-state index >= 15 is 0 Å². The number of hydrogen-bond donors (Lipinski definition) is 1. The normalized spacial score (nSPS) is 22.4. The molecule has 0 aromatic carbocycles. The van der Waals surface area contributed by atoms with Gasteiger partial charge in [-0.25, -0.2) is 4.39 Å². The van der Waals surface area contributed by atoms with Crippen LogP contribution in [0.3, 0.4) is 0 Å². The first kappa shape index (κ1) is 16.4. The van der Waals surface area contributed by atoms with Crippen molar-refractivity contribution in [1.29, 1.82) is 0 Å². The first-order chi connectivity index (χ1) is 10.0. The molecule has 5 heteroatoms. The van der Waals surface area contributed by atoms with Crippen LogP contribution in [0.5, 0.6) is 0 Å². The van der Waals surface area contributed by atoms with E-state index in [-0.39, 0.29) is 6.04 Å². The second kappa shape index (κ2) is 7.36. The molecular weight excluding hydrogens is 269 g/mol. The summed E-state index contributed by atoms with van der Waals surface area (Å²) in [4.78, 5) is 0. The topological polar surface area (TPSA) is 39.1 Å². The first-order valence-electron chi connectivity index (χ1n) is 8.08. The van der Waals surface area contributed by atoms with Gasteiger partial charge in [-0.15, -0.1) is 0 Å². The maximum Gasteiger partial charge on any atom is 0.115 e. The molecular formula is C16H28FN3O. The molecule has 1 saturated heterocycles. The summed E-state index contributed by atoms with van der Waals surface area (Å²) in [6.45, 7) is 8.11. The van der Waals surface area contributed by atoms with E-state index in [1.807, 2.05) is 16.9 Å². The number of halogens is 1. The summed E-state index contributed by atoms with van der Waals surface area (Å²) in [7, 11) is 0. The smallest absolute Gasteiger partial charge is 0.115 e. The number of alkyl halides is 1. The minimum atomic E-state index is -1.26. The number of rotatable bonds is 7. The second-order valence-electron chi connectivity index (χ2n) is 6.28. The molecule has 2 atom stereocenters. The summed E-state index contributed by atoms with van der Waals surface area (Å²) in [6, 6.07) is 2.47. The third-order valence-corrected chi connectivity index (χ3v) is 4.20. The van der Waals surface area contributed by atoms with Crippen molar-refractivity contribution in [2.45, 2.75) is 64.2 Å². The zero-order valence-corrected chi connectivity index (χ0v) is 13.4. The monoisotopic (exact) mass is 297 g/mol. The highest BCUT2D eigenvalue weighted by atomic mass is 19.1. The average molecular weight is 297 g/mol. The fourth-order valence-electron chi connectivity index (χ4n) is 3.05. The average Bonchev–Trinajstić information content (AvgIpc) is 2.88. The molecule has 1 aromatic rings. The van der Waals surface area contributed by atoms with Crippen molar-refractivity contribution in [3.8, 4) is 0 Å². The highest BCUT2D eigenvalue weighted by Crippen LogP contribution is 2.24. The van der Waals surface area contributed by atoms with Gasteiger partial charge in [-0.3, -0.25) is 4.68 Å². The molecule has 2 heterocycles. The SMILES string of the molecule is CCC(CC)n1ccc(CC(C)(F)CC2COCCN2)n1. The van der Waals surface area contributed by atoms with Crippen LogP contribution in [-0.4, -0.2) is 41.2 Å². The molecule has 21 heavy (non-hydrogen) atoms. The maximum absolute atomic E-state index is 14.8. The van der Waals surface area contributed by atoms with Crippen molar-refractivity contribution in [3.63, 3.8) is 0 Å². The lowest BCUT2D eigenvalue weighted by Crippen LogP contribution is -2.45. The molecule has 2 rings (SSSR count). The van der Waals surface area contributed by atoms with Crippen LogP contribution in [0.15, 0.2) is 12.3 Å². The van der Waals surface area contributed by atoms with E-state index in [2.05, 4.69) is 24.3 Å². The van der Waals surface area contributed by atoms with Gasteiger partial charge in [0.25, 0.3) is 0 Å². The predicted octanol–water partition coefficient (Wildman–Crippen LogP) is 2.89. The Morgan fingerprint density at radius 3 is 2.90 bits per heavy atom. The number of morpholine rings is 1. The van der Waals surface area contributed by atoms with E-state index in [1.165, 1.54) is 0 Å². The van der Waals surface area contributed by atoms with Crippen molar-refractivity contribution in [2.24, 2.45) is 0 Å². The Labute approximate surface area is 127 Å². The highest BCUT2D eigenvalue weighted by Gasteiger charge is 2.30. The molecule has 1 aliphatic heterocycles. The third kappa shape index (κ3) is 4.78. The van der Waals surface area contributed by atoms with Crippen molar-refractivity contribution < 1.29 is 9.13 Å². The van der Waals surface area contributed by atoms with Crippen molar-refractivity contribution in [3.05, 3.63) is 18.0 Å². The molecule has 0 aliphatic carbocycles. The highest BCUT2D eigenvalue weighted by molar-refractivity contribution is 5.05. The zero-order chi connectivity index (χ0) is 15.3. The van der Waals surface area contributed by atoms with Gasteiger partial charge in [0.15, 0.2) is 0 Å². The standard InChI is InChI=1S/C16H28FN3O/c1-4-15(5-2)20-8-6-13(19-20)10-16(3,17)11-14-12-21-9-7-18-14/h6,8,14-15,18H,4-5,7,9-12H2,1-3H3. The maximum atomic E-state index is 14.8. The first-order valence-corrected chi connectivity index (χ1v) is 8.08. The lowest BCUT2D eigenvalue weighted by Gasteiger charge is -2.29. The van der Waals surface area contributed by atoms with Gasteiger partial charge in [0.05, 0.1) is 24.9 Å². The molecule has 0 amide bonds. The molecule has 1 aliphatic rings. The summed E-state index contributed by atoms with van der Waals surface area (Å²) in [6.07, 6.45) is 4.90. The molecule has 1 N–H and O–H groups in total. The Balaban J connectivity index is 1.92. The number of hydrogen-bond acceptors (Lipinski definition) is 3. The molecule has 0 spiro atoms. The van der Waals surface area contributed by atoms with Crippen molar-refractivity contribution >= 4 is 0 Å². The van der Waals surface area contributed by atoms with E-state index in [0.29, 0.717) is 25.5 Å². The number of nitrogens with zero attached hydrogens (tertiary/aromatic N) is 2. The summed E-state index contributed by atoms with van der Waals surface area (Å²) >= 11 is 0. The fourth-order valence-corrected chi connectivity index (χ4v) is 3.05. The van der Waals surface area contributed by atoms with Gasteiger partial charge in [-0.2, -0.15) is 5.10 Å². The van der Waals surface area contributed by atoms with Crippen LogP contribution in [0, 0.1) is 0 Å². The summed E-state index contributed by atoms with van der Waals surface area (Å²) in [5.74, 6) is 0. The van der Waals surface area contributed by atoms with Gasteiger partial charge >= 0.3 is 0 Å². The van der Waals surface area contributed by atoms with Crippen LogP contribution >= 0.6 is 0 Å². The Morgan fingerprint density at radius 1 is 1.52 bits per heavy atom. The molecule has 2 unspecified atom stereocenters. The second-order valence-corrected chi connectivity index (χ2v) is 6.28. The van der Waals surface area contributed by atoms with E-state index in [4.69, 9.17) is 4.74 Å². The molecule has 4 nitrogen and oxygen atoms in total. The summed E-state index contributed by atoms with van der Waals surface area (Å²) in [5.41, 5.74) is -0.422. The fraction of sp³-hybridized carbons (Fsp3) is 0.812. The largest absolute Gasteiger partial charge is 0.379 e. The molecule has 120 valence electrons.